The van der Waals surface area contributed by atoms with Crippen LogP contribution in [0.1, 0.15) is 11.3 Å². The molecule has 1 aromatic heterocycles. The van der Waals surface area contributed by atoms with E-state index in [1.54, 1.807) is 17.0 Å². The Labute approximate surface area is 215 Å². The molecule has 1 fully saturated rings. The summed E-state index contributed by atoms with van der Waals surface area (Å²) in [5.41, 5.74) is 2.76. The molecule has 1 amide bonds. The highest BCUT2D eigenvalue weighted by Gasteiger charge is 2.29. The molecule has 2 aliphatic heterocycles. The van der Waals surface area contributed by atoms with Gasteiger partial charge in [0, 0.05) is 55.4 Å². The second-order valence-corrected chi connectivity index (χ2v) is 9.28. The summed E-state index contributed by atoms with van der Waals surface area (Å²) in [5, 5.41) is 31.3. The standard InChI is InChI=1S/C27H31N5O5/c1-2-25(36)30-9-11-31(12-10-30)26-22-7-8-32(15-23(22)28-27(29-26)37-17-20(35)16-33)24-14-19(34)13-18-5-3-4-6-21(18)24/h2-6,13-14,20,33-35H,1,7-12,15-17H2. The van der Waals surface area contributed by atoms with E-state index in [1.165, 1.54) is 6.08 Å². The van der Waals surface area contributed by atoms with Gasteiger partial charge in [-0.1, -0.05) is 30.8 Å². The van der Waals surface area contributed by atoms with Crippen molar-refractivity contribution >= 4 is 28.2 Å². The second-order valence-electron chi connectivity index (χ2n) is 9.28. The molecule has 1 atom stereocenters. The van der Waals surface area contributed by atoms with Crippen molar-refractivity contribution in [2.24, 2.45) is 0 Å². The molecule has 5 rings (SSSR count). The molecule has 3 heterocycles. The van der Waals surface area contributed by atoms with Crippen LogP contribution in [-0.2, 0) is 17.8 Å². The third-order valence-electron chi connectivity index (χ3n) is 6.87. The van der Waals surface area contributed by atoms with Crippen LogP contribution in [0.5, 0.6) is 11.8 Å². The number of phenols is 1. The first-order chi connectivity index (χ1) is 18.0. The molecule has 0 radical (unpaired) electrons. The summed E-state index contributed by atoms with van der Waals surface area (Å²) in [6.45, 7) is 6.59. The number of hydrogen-bond acceptors (Lipinski definition) is 9. The van der Waals surface area contributed by atoms with Gasteiger partial charge in [-0.3, -0.25) is 4.79 Å². The first kappa shape index (κ1) is 24.8. The zero-order valence-electron chi connectivity index (χ0n) is 20.6. The number of carbonyl (C=O) groups is 1. The number of hydrogen-bond donors (Lipinski definition) is 3. The average molecular weight is 506 g/mol. The summed E-state index contributed by atoms with van der Waals surface area (Å²) < 4.78 is 5.67. The van der Waals surface area contributed by atoms with E-state index < -0.39 is 12.7 Å². The van der Waals surface area contributed by atoms with Gasteiger partial charge in [0.1, 0.15) is 24.3 Å². The van der Waals surface area contributed by atoms with Gasteiger partial charge >= 0.3 is 6.01 Å². The van der Waals surface area contributed by atoms with Crippen LogP contribution in [0.3, 0.4) is 0 Å². The zero-order valence-corrected chi connectivity index (χ0v) is 20.6. The molecule has 1 unspecified atom stereocenters. The Morgan fingerprint density at radius 1 is 1.11 bits per heavy atom. The molecule has 194 valence electrons. The van der Waals surface area contributed by atoms with Gasteiger partial charge in [0.2, 0.25) is 5.91 Å². The Balaban J connectivity index is 1.47. The predicted octanol–water partition coefficient (Wildman–Crippen LogP) is 1.46. The van der Waals surface area contributed by atoms with E-state index in [0.717, 1.165) is 40.1 Å². The molecule has 3 N–H and O–H groups in total. The molecular formula is C27H31N5O5. The van der Waals surface area contributed by atoms with Gasteiger partial charge in [0.15, 0.2) is 0 Å². The lowest BCUT2D eigenvalue weighted by atomic mass is 10.0. The van der Waals surface area contributed by atoms with Crippen molar-refractivity contribution < 1.29 is 24.9 Å². The average Bonchev–Trinajstić information content (AvgIpc) is 2.94. The first-order valence-corrected chi connectivity index (χ1v) is 12.4. The smallest absolute Gasteiger partial charge is 0.318 e. The highest BCUT2D eigenvalue weighted by atomic mass is 16.5. The summed E-state index contributed by atoms with van der Waals surface area (Å²) >= 11 is 0. The lowest BCUT2D eigenvalue weighted by Gasteiger charge is -2.38. The summed E-state index contributed by atoms with van der Waals surface area (Å²) in [7, 11) is 0. The van der Waals surface area contributed by atoms with Crippen LogP contribution in [0.25, 0.3) is 10.8 Å². The molecule has 3 aromatic rings. The highest BCUT2D eigenvalue weighted by Crippen LogP contribution is 2.36. The maximum Gasteiger partial charge on any atom is 0.318 e. The number of fused-ring (bicyclic) bond motifs is 2. The fourth-order valence-corrected chi connectivity index (χ4v) is 4.95. The number of rotatable bonds is 7. The zero-order chi connectivity index (χ0) is 25.9. The van der Waals surface area contributed by atoms with E-state index in [4.69, 9.17) is 4.74 Å². The number of phenolic OH excluding ortho intramolecular Hbond substituents is 1. The Bertz CT molecular complexity index is 1310. The van der Waals surface area contributed by atoms with Crippen LogP contribution >= 0.6 is 0 Å². The predicted molar refractivity (Wildman–Crippen MR) is 140 cm³/mol. The monoisotopic (exact) mass is 505 g/mol. The quantitative estimate of drug-likeness (QED) is 0.410. The van der Waals surface area contributed by atoms with Gasteiger partial charge in [-0.15, -0.1) is 0 Å². The Morgan fingerprint density at radius 2 is 1.89 bits per heavy atom. The van der Waals surface area contributed by atoms with E-state index in [0.29, 0.717) is 39.1 Å². The molecule has 0 bridgehead atoms. The normalized spacial score (nSPS) is 16.4. The van der Waals surface area contributed by atoms with Gasteiger partial charge in [-0.05, 0) is 23.9 Å². The summed E-state index contributed by atoms with van der Waals surface area (Å²) in [6, 6.07) is 11.6. The number of carbonyl (C=O) groups excluding carboxylic acids is 1. The maximum absolute atomic E-state index is 12.0. The van der Waals surface area contributed by atoms with E-state index in [2.05, 4.69) is 26.3 Å². The summed E-state index contributed by atoms with van der Waals surface area (Å²) in [6.07, 6.45) is 0.993. The summed E-state index contributed by atoms with van der Waals surface area (Å²) in [4.78, 5) is 27.5. The van der Waals surface area contributed by atoms with E-state index in [-0.39, 0.29) is 24.3 Å². The number of ether oxygens (including phenoxy) is 1. The highest BCUT2D eigenvalue weighted by molar-refractivity contribution is 5.95. The largest absolute Gasteiger partial charge is 0.508 e. The van der Waals surface area contributed by atoms with Crippen molar-refractivity contribution in [1.82, 2.24) is 14.9 Å². The van der Waals surface area contributed by atoms with Gasteiger partial charge in [0.05, 0.1) is 18.8 Å². The minimum absolute atomic E-state index is 0.0830. The number of piperazine rings is 1. The van der Waals surface area contributed by atoms with Crippen molar-refractivity contribution in [1.29, 1.82) is 0 Å². The van der Waals surface area contributed by atoms with Gasteiger partial charge in [-0.25, -0.2) is 0 Å². The van der Waals surface area contributed by atoms with Crippen molar-refractivity contribution in [2.45, 2.75) is 19.1 Å². The molecule has 0 spiro atoms. The van der Waals surface area contributed by atoms with Gasteiger partial charge < -0.3 is 34.8 Å². The number of anilines is 2. The third-order valence-corrected chi connectivity index (χ3v) is 6.87. The van der Waals surface area contributed by atoms with E-state index in [9.17, 15) is 20.1 Å². The van der Waals surface area contributed by atoms with Crippen LogP contribution in [0.4, 0.5) is 11.5 Å². The number of aromatic nitrogens is 2. The molecular weight excluding hydrogens is 474 g/mol. The van der Waals surface area contributed by atoms with Gasteiger partial charge in [0.25, 0.3) is 0 Å². The van der Waals surface area contributed by atoms with E-state index >= 15 is 0 Å². The lowest BCUT2D eigenvalue weighted by Crippen LogP contribution is -2.49. The lowest BCUT2D eigenvalue weighted by molar-refractivity contribution is -0.126. The Morgan fingerprint density at radius 3 is 2.65 bits per heavy atom. The number of aliphatic hydroxyl groups is 2. The third kappa shape index (κ3) is 5.16. The van der Waals surface area contributed by atoms with Crippen molar-refractivity contribution in [3.63, 3.8) is 0 Å². The van der Waals surface area contributed by atoms with Gasteiger partial charge in [-0.2, -0.15) is 9.97 Å². The van der Waals surface area contributed by atoms with Crippen molar-refractivity contribution in [3.8, 4) is 11.8 Å². The topological polar surface area (TPSA) is 122 Å². The minimum atomic E-state index is -1.04. The molecule has 37 heavy (non-hydrogen) atoms. The molecule has 0 saturated carbocycles. The van der Waals surface area contributed by atoms with Crippen LogP contribution in [-0.4, -0.2) is 88.1 Å². The summed E-state index contributed by atoms with van der Waals surface area (Å²) in [5.74, 6) is 0.891. The molecule has 1 saturated heterocycles. The molecule has 10 nitrogen and oxygen atoms in total. The SMILES string of the molecule is C=CC(=O)N1CCN(c2nc(OCC(O)CO)nc3c2CCN(c2cc(O)cc4ccccc24)C3)CC1. The fraction of sp³-hybridized carbons (Fsp3) is 0.370. The first-order valence-electron chi connectivity index (χ1n) is 12.4. The minimum Gasteiger partial charge on any atom is -0.508 e. The molecule has 0 aliphatic carbocycles. The van der Waals surface area contributed by atoms with Crippen LogP contribution in [0, 0.1) is 0 Å². The number of aliphatic hydroxyl groups excluding tert-OH is 2. The maximum atomic E-state index is 12.0. The Hall–Kier alpha value is -3.89. The number of amides is 1. The van der Waals surface area contributed by atoms with Crippen LogP contribution in [0.2, 0.25) is 0 Å². The van der Waals surface area contributed by atoms with Crippen molar-refractivity contribution in [3.05, 3.63) is 60.3 Å². The van der Waals surface area contributed by atoms with Crippen LogP contribution in [0.15, 0.2) is 49.1 Å². The van der Waals surface area contributed by atoms with E-state index in [1.807, 2.05) is 24.3 Å². The van der Waals surface area contributed by atoms with Crippen molar-refractivity contribution in [2.75, 3.05) is 55.7 Å². The number of aromatic hydroxyl groups is 1. The number of nitrogens with zero attached hydrogens (tertiary/aromatic N) is 5. The molecule has 10 heteroatoms. The Kier molecular flexibility index (Phi) is 7.11. The fourth-order valence-electron chi connectivity index (χ4n) is 4.95. The molecule has 2 aliphatic rings. The van der Waals surface area contributed by atoms with Crippen LogP contribution < -0.4 is 14.5 Å². The second kappa shape index (κ2) is 10.6. The molecule has 2 aromatic carbocycles. The number of benzene rings is 2.